The molecule has 1 saturated heterocycles. The lowest BCUT2D eigenvalue weighted by Gasteiger charge is -2.47. The average Bonchev–Trinajstić information content (AvgIpc) is 2.82. The number of aromatic nitrogens is 1. The number of anilines is 1. The van der Waals surface area contributed by atoms with Gasteiger partial charge < -0.3 is 15.7 Å². The SMILES string of the molecule is CCC(O)[C@H]1CC[C@H](N2CC(NC(=O)CNc3cc(C(F)(F)F)nc4ccc(C(F)(F)F)cc34)C2)CC1. The van der Waals surface area contributed by atoms with Gasteiger partial charge in [-0.25, -0.2) is 4.98 Å². The summed E-state index contributed by atoms with van der Waals surface area (Å²) in [5.41, 5.74) is -2.80. The van der Waals surface area contributed by atoms with Crippen molar-refractivity contribution in [2.75, 3.05) is 25.0 Å². The third-order valence-electron chi connectivity index (χ3n) is 7.36. The molecule has 1 aromatic carbocycles. The van der Waals surface area contributed by atoms with Gasteiger partial charge in [0.15, 0.2) is 0 Å². The minimum atomic E-state index is -4.81. The van der Waals surface area contributed by atoms with Gasteiger partial charge in [-0.05, 0) is 62.3 Å². The quantitative estimate of drug-likeness (QED) is 0.446. The first-order valence-electron chi connectivity index (χ1n) is 12.4. The highest BCUT2D eigenvalue weighted by Crippen LogP contribution is 2.37. The van der Waals surface area contributed by atoms with E-state index < -0.39 is 36.1 Å². The van der Waals surface area contributed by atoms with E-state index in [4.69, 9.17) is 0 Å². The molecule has 12 heteroatoms. The molecule has 1 amide bonds. The standard InChI is InChI=1S/C25H30F6N4O2/c1-2-21(36)14-3-6-17(7-4-14)35-12-16(13-35)33-23(37)11-32-20-10-22(25(29,30)31)34-19-8-5-15(9-18(19)20)24(26,27)28/h5,8-10,14,16-17,21,36H,2-4,6-7,11-13H2,1H3,(H,32,34)(H,33,37)/t14-,17-,21?. The zero-order chi connectivity index (χ0) is 27.0. The maximum absolute atomic E-state index is 13.3. The Morgan fingerprint density at radius 3 is 2.35 bits per heavy atom. The number of hydrogen-bond donors (Lipinski definition) is 3. The van der Waals surface area contributed by atoms with Gasteiger partial charge >= 0.3 is 12.4 Å². The number of likely N-dealkylation sites (tertiary alicyclic amines) is 1. The molecule has 6 nitrogen and oxygen atoms in total. The third-order valence-corrected chi connectivity index (χ3v) is 7.36. The first-order valence-corrected chi connectivity index (χ1v) is 12.4. The normalized spacial score (nSPS) is 22.5. The summed E-state index contributed by atoms with van der Waals surface area (Å²) in [7, 11) is 0. The molecular formula is C25H30F6N4O2. The molecule has 2 aliphatic rings. The van der Waals surface area contributed by atoms with Gasteiger partial charge in [0.25, 0.3) is 0 Å². The number of alkyl halides is 6. The molecular weight excluding hydrogens is 502 g/mol. The Bertz CT molecular complexity index is 1110. The molecule has 2 fully saturated rings. The fourth-order valence-corrected chi connectivity index (χ4v) is 5.23. The number of amides is 1. The van der Waals surface area contributed by atoms with E-state index in [1.807, 2.05) is 6.92 Å². The van der Waals surface area contributed by atoms with Gasteiger partial charge in [0.05, 0.1) is 29.8 Å². The predicted octanol–water partition coefficient (Wildman–Crippen LogP) is 4.81. The molecule has 2 heterocycles. The van der Waals surface area contributed by atoms with Crippen LogP contribution in [0.1, 0.15) is 50.3 Å². The number of nitrogens with zero attached hydrogens (tertiary/aromatic N) is 2. The van der Waals surface area contributed by atoms with Gasteiger partial charge in [-0.2, -0.15) is 26.3 Å². The highest BCUT2D eigenvalue weighted by Gasteiger charge is 2.37. The zero-order valence-corrected chi connectivity index (χ0v) is 20.3. The molecule has 37 heavy (non-hydrogen) atoms. The molecule has 2 aromatic rings. The van der Waals surface area contributed by atoms with Crippen molar-refractivity contribution in [1.82, 2.24) is 15.2 Å². The van der Waals surface area contributed by atoms with Crippen molar-refractivity contribution >= 4 is 22.5 Å². The number of halogens is 6. The Hall–Kier alpha value is -2.60. The number of nitrogens with one attached hydrogen (secondary N) is 2. The fourth-order valence-electron chi connectivity index (χ4n) is 5.23. The van der Waals surface area contributed by atoms with Crippen molar-refractivity contribution in [3.05, 3.63) is 35.5 Å². The molecule has 204 valence electrons. The summed E-state index contributed by atoms with van der Waals surface area (Å²) in [6.07, 6.45) is -5.10. The second kappa shape index (κ2) is 10.6. The maximum atomic E-state index is 13.3. The summed E-state index contributed by atoms with van der Waals surface area (Å²) < 4.78 is 79.3. The van der Waals surface area contributed by atoms with Crippen molar-refractivity contribution in [3.63, 3.8) is 0 Å². The molecule has 1 aromatic heterocycles. The van der Waals surface area contributed by atoms with Crippen LogP contribution in [-0.4, -0.2) is 58.7 Å². The van der Waals surface area contributed by atoms with E-state index in [-0.39, 0.29) is 28.7 Å². The van der Waals surface area contributed by atoms with Crippen molar-refractivity contribution in [2.45, 2.75) is 69.6 Å². The maximum Gasteiger partial charge on any atom is 0.433 e. The van der Waals surface area contributed by atoms with Crippen LogP contribution >= 0.6 is 0 Å². The number of rotatable bonds is 7. The van der Waals surface area contributed by atoms with E-state index in [0.717, 1.165) is 44.2 Å². The Labute approximate surface area is 210 Å². The van der Waals surface area contributed by atoms with Gasteiger partial charge in [-0.3, -0.25) is 9.69 Å². The largest absolute Gasteiger partial charge is 0.433 e. The van der Waals surface area contributed by atoms with E-state index in [1.54, 1.807) is 0 Å². The fraction of sp³-hybridized carbons (Fsp3) is 0.600. The van der Waals surface area contributed by atoms with Crippen LogP contribution in [0.15, 0.2) is 24.3 Å². The van der Waals surface area contributed by atoms with E-state index in [9.17, 15) is 36.2 Å². The number of pyridine rings is 1. The van der Waals surface area contributed by atoms with E-state index in [2.05, 4.69) is 20.5 Å². The highest BCUT2D eigenvalue weighted by atomic mass is 19.4. The third kappa shape index (κ3) is 6.46. The first kappa shape index (κ1) is 27.4. The number of aliphatic hydroxyl groups is 1. The van der Waals surface area contributed by atoms with E-state index in [0.29, 0.717) is 37.2 Å². The summed E-state index contributed by atoms with van der Waals surface area (Å²) >= 11 is 0. The lowest BCUT2D eigenvalue weighted by atomic mass is 9.80. The molecule has 0 bridgehead atoms. The topological polar surface area (TPSA) is 77.5 Å². The first-order chi connectivity index (χ1) is 17.3. The molecule has 1 saturated carbocycles. The summed E-state index contributed by atoms with van der Waals surface area (Å²) in [5, 5.41) is 15.3. The average molecular weight is 533 g/mol. The van der Waals surface area contributed by atoms with Gasteiger partial charge in [0.2, 0.25) is 5.91 Å². The van der Waals surface area contributed by atoms with Gasteiger partial charge in [0.1, 0.15) is 5.69 Å². The molecule has 3 N–H and O–H groups in total. The van der Waals surface area contributed by atoms with Crippen molar-refractivity contribution in [3.8, 4) is 0 Å². The molecule has 4 rings (SSSR count). The van der Waals surface area contributed by atoms with Crippen LogP contribution in [0.5, 0.6) is 0 Å². The molecule has 1 unspecified atom stereocenters. The molecule has 0 spiro atoms. The Morgan fingerprint density at radius 2 is 1.76 bits per heavy atom. The summed E-state index contributed by atoms with van der Waals surface area (Å²) in [4.78, 5) is 18.2. The number of hydrogen-bond acceptors (Lipinski definition) is 5. The lowest BCUT2D eigenvalue weighted by molar-refractivity contribution is -0.141. The van der Waals surface area contributed by atoms with Crippen LogP contribution in [0.4, 0.5) is 32.0 Å². The Morgan fingerprint density at radius 1 is 1.08 bits per heavy atom. The number of benzene rings is 1. The van der Waals surface area contributed by atoms with Gasteiger partial charge in [-0.15, -0.1) is 0 Å². The van der Waals surface area contributed by atoms with Crippen molar-refractivity contribution in [2.24, 2.45) is 5.92 Å². The molecule has 1 atom stereocenters. The molecule has 1 aliphatic heterocycles. The minimum Gasteiger partial charge on any atom is -0.393 e. The second-order valence-corrected chi connectivity index (χ2v) is 9.90. The number of carbonyl (C=O) groups excluding carboxylic acids is 1. The molecule has 1 aliphatic carbocycles. The smallest absolute Gasteiger partial charge is 0.393 e. The van der Waals surface area contributed by atoms with E-state index >= 15 is 0 Å². The number of fused-ring (bicyclic) bond motifs is 1. The second-order valence-electron chi connectivity index (χ2n) is 9.90. The van der Waals surface area contributed by atoms with Crippen LogP contribution < -0.4 is 10.6 Å². The van der Waals surface area contributed by atoms with Crippen LogP contribution in [0.2, 0.25) is 0 Å². The van der Waals surface area contributed by atoms with Crippen LogP contribution in [0.25, 0.3) is 10.9 Å². The number of aliphatic hydroxyl groups excluding tert-OH is 1. The van der Waals surface area contributed by atoms with Gasteiger partial charge in [0, 0.05) is 30.2 Å². The summed E-state index contributed by atoms with van der Waals surface area (Å²) in [5.74, 6) is -0.136. The molecule has 0 radical (unpaired) electrons. The minimum absolute atomic E-state index is 0.106. The predicted molar refractivity (Wildman–Crippen MR) is 126 cm³/mol. The van der Waals surface area contributed by atoms with Crippen LogP contribution in [0, 0.1) is 5.92 Å². The van der Waals surface area contributed by atoms with Crippen LogP contribution in [0.3, 0.4) is 0 Å². The number of carbonyl (C=O) groups is 1. The Balaban J connectivity index is 1.35. The van der Waals surface area contributed by atoms with E-state index in [1.165, 1.54) is 0 Å². The highest BCUT2D eigenvalue weighted by molar-refractivity contribution is 5.94. The van der Waals surface area contributed by atoms with Gasteiger partial charge in [-0.1, -0.05) is 6.92 Å². The van der Waals surface area contributed by atoms with Crippen molar-refractivity contribution in [1.29, 1.82) is 0 Å². The van der Waals surface area contributed by atoms with Crippen LogP contribution in [-0.2, 0) is 17.1 Å². The Kier molecular flexibility index (Phi) is 7.89. The monoisotopic (exact) mass is 532 g/mol. The van der Waals surface area contributed by atoms with Crippen molar-refractivity contribution < 1.29 is 36.2 Å². The lowest BCUT2D eigenvalue weighted by Crippen LogP contribution is -2.63. The summed E-state index contributed by atoms with van der Waals surface area (Å²) in [6, 6.07) is 3.20. The summed E-state index contributed by atoms with van der Waals surface area (Å²) in [6.45, 7) is 2.88. The zero-order valence-electron chi connectivity index (χ0n) is 20.3.